The lowest BCUT2D eigenvalue weighted by Gasteiger charge is -2.21. The smallest absolute Gasteiger partial charge is 0.341 e. The summed E-state index contributed by atoms with van der Waals surface area (Å²) in [6.45, 7) is 1.63. The third-order valence-electron chi connectivity index (χ3n) is 3.57. The second-order valence-corrected chi connectivity index (χ2v) is 4.66. The molecule has 1 atom stereocenters. The van der Waals surface area contributed by atoms with E-state index in [2.05, 4.69) is 0 Å². The molecule has 1 unspecified atom stereocenters. The van der Waals surface area contributed by atoms with Crippen molar-refractivity contribution in [1.82, 2.24) is 0 Å². The number of aromatic carboxylic acids is 1. The highest BCUT2D eigenvalue weighted by Crippen LogP contribution is 2.51. The molecule has 0 spiro atoms. The molecule has 0 heterocycles. The molecule has 1 aromatic rings. The Morgan fingerprint density at radius 3 is 2.33 bits per heavy atom. The molecule has 98 valence electrons. The van der Waals surface area contributed by atoms with E-state index in [0.29, 0.717) is 12.8 Å². The number of benzene rings is 1. The number of carboxylic acids is 1. The first-order valence-corrected chi connectivity index (χ1v) is 5.48. The quantitative estimate of drug-likeness (QED) is 0.818. The van der Waals surface area contributed by atoms with E-state index in [1.807, 2.05) is 0 Å². The molecule has 1 saturated carbocycles. The van der Waals surface area contributed by atoms with Crippen LogP contribution in [0.25, 0.3) is 0 Å². The zero-order chi connectivity index (χ0) is 13.7. The molecule has 3 N–H and O–H groups in total. The molecule has 0 radical (unpaired) electrons. The molecule has 0 amide bonds. The Morgan fingerprint density at radius 2 is 1.94 bits per heavy atom. The molecule has 3 nitrogen and oxygen atoms in total. The van der Waals surface area contributed by atoms with Crippen molar-refractivity contribution in [3.8, 4) is 0 Å². The van der Waals surface area contributed by atoms with Crippen molar-refractivity contribution in [3.05, 3.63) is 34.6 Å². The zero-order valence-electron chi connectivity index (χ0n) is 9.64. The predicted octanol–water partition coefficient (Wildman–Crippen LogP) is 2.18. The maximum absolute atomic E-state index is 13.8. The van der Waals surface area contributed by atoms with Gasteiger partial charge in [-0.2, -0.15) is 0 Å². The summed E-state index contributed by atoms with van der Waals surface area (Å²) in [5.74, 6) is -6.09. The first kappa shape index (κ1) is 12.9. The Bertz CT molecular complexity index is 525. The first-order valence-electron chi connectivity index (χ1n) is 5.48. The lowest BCUT2D eigenvalue weighted by molar-refractivity contribution is 0.0685. The summed E-state index contributed by atoms with van der Waals surface area (Å²) >= 11 is 0. The van der Waals surface area contributed by atoms with Crippen LogP contribution in [-0.2, 0) is 5.41 Å². The van der Waals surface area contributed by atoms with Crippen LogP contribution in [0.3, 0.4) is 0 Å². The van der Waals surface area contributed by atoms with Gasteiger partial charge in [-0.25, -0.2) is 18.0 Å². The number of hydrogen-bond donors (Lipinski definition) is 2. The second-order valence-electron chi connectivity index (χ2n) is 4.66. The summed E-state index contributed by atoms with van der Waals surface area (Å²) in [6, 6.07) is 0.291. The third kappa shape index (κ3) is 1.68. The molecule has 0 aliphatic heterocycles. The van der Waals surface area contributed by atoms with Crippen molar-refractivity contribution in [2.24, 2.45) is 5.73 Å². The van der Waals surface area contributed by atoms with Crippen LogP contribution < -0.4 is 5.73 Å². The molecule has 1 aliphatic rings. The average Bonchev–Trinajstić information content (AvgIpc) is 3.04. The topological polar surface area (TPSA) is 63.3 Å². The third-order valence-corrected chi connectivity index (χ3v) is 3.57. The molecule has 18 heavy (non-hydrogen) atoms. The lowest BCUT2D eigenvalue weighted by Crippen LogP contribution is -2.33. The van der Waals surface area contributed by atoms with E-state index in [4.69, 9.17) is 10.8 Å². The van der Waals surface area contributed by atoms with E-state index in [1.54, 1.807) is 6.92 Å². The molecule has 2 rings (SSSR count). The van der Waals surface area contributed by atoms with E-state index in [1.165, 1.54) is 0 Å². The van der Waals surface area contributed by atoms with Crippen LogP contribution in [0.2, 0.25) is 0 Å². The Hall–Kier alpha value is -1.56. The van der Waals surface area contributed by atoms with Crippen molar-refractivity contribution in [2.45, 2.75) is 31.2 Å². The van der Waals surface area contributed by atoms with E-state index < -0.39 is 40.4 Å². The van der Waals surface area contributed by atoms with Crippen LogP contribution in [-0.4, -0.2) is 17.1 Å². The standard InChI is InChI=1S/C12H12F3NO2/c1-5(16)12(2-3-12)6-4-7(13)8(11(17)18)10(15)9(6)14/h4-5H,2-3,16H2,1H3,(H,17,18). The molecule has 0 bridgehead atoms. The van der Waals surface area contributed by atoms with Crippen LogP contribution in [0.4, 0.5) is 13.2 Å². The van der Waals surface area contributed by atoms with Gasteiger partial charge in [-0.1, -0.05) is 0 Å². The van der Waals surface area contributed by atoms with Crippen molar-refractivity contribution < 1.29 is 23.1 Å². The fourth-order valence-corrected chi connectivity index (χ4v) is 2.26. The van der Waals surface area contributed by atoms with Crippen molar-refractivity contribution in [3.63, 3.8) is 0 Å². The molecule has 6 heteroatoms. The van der Waals surface area contributed by atoms with Gasteiger partial charge in [0.15, 0.2) is 11.6 Å². The predicted molar refractivity (Wildman–Crippen MR) is 57.8 cm³/mol. The number of carbonyl (C=O) groups is 1. The van der Waals surface area contributed by atoms with Gasteiger partial charge in [0.2, 0.25) is 0 Å². The summed E-state index contributed by atoms with van der Waals surface area (Å²) < 4.78 is 40.9. The second kappa shape index (κ2) is 3.98. The highest BCUT2D eigenvalue weighted by atomic mass is 19.2. The fourth-order valence-electron chi connectivity index (χ4n) is 2.26. The molecule has 0 aromatic heterocycles. The number of nitrogens with two attached hydrogens (primary N) is 1. The summed E-state index contributed by atoms with van der Waals surface area (Å²) in [4.78, 5) is 10.6. The minimum Gasteiger partial charge on any atom is -0.477 e. The van der Waals surface area contributed by atoms with Gasteiger partial charge in [0, 0.05) is 17.0 Å². The van der Waals surface area contributed by atoms with Gasteiger partial charge in [-0.15, -0.1) is 0 Å². The van der Waals surface area contributed by atoms with E-state index in [-0.39, 0.29) is 5.56 Å². The van der Waals surface area contributed by atoms with E-state index in [9.17, 15) is 18.0 Å². The van der Waals surface area contributed by atoms with Crippen LogP contribution in [0.1, 0.15) is 35.7 Å². The molecular weight excluding hydrogens is 247 g/mol. The highest BCUT2D eigenvalue weighted by molar-refractivity contribution is 5.88. The average molecular weight is 259 g/mol. The highest BCUT2D eigenvalue weighted by Gasteiger charge is 2.50. The molecule has 0 saturated heterocycles. The normalized spacial score (nSPS) is 18.5. The summed E-state index contributed by atoms with van der Waals surface area (Å²) in [6.07, 6.45) is 1.07. The number of halogens is 3. The Morgan fingerprint density at radius 1 is 1.39 bits per heavy atom. The van der Waals surface area contributed by atoms with Crippen molar-refractivity contribution in [1.29, 1.82) is 0 Å². The Kier molecular flexibility index (Phi) is 2.85. The minimum absolute atomic E-state index is 0.169. The van der Waals surface area contributed by atoms with Crippen LogP contribution in [0.15, 0.2) is 6.07 Å². The number of carboxylic acid groups (broad SMARTS) is 1. The molecule has 1 aromatic carbocycles. The van der Waals surface area contributed by atoms with Gasteiger partial charge in [0.1, 0.15) is 11.4 Å². The summed E-state index contributed by atoms with van der Waals surface area (Å²) in [7, 11) is 0. The molecule has 1 aliphatic carbocycles. The maximum atomic E-state index is 13.8. The van der Waals surface area contributed by atoms with E-state index >= 15 is 0 Å². The number of rotatable bonds is 3. The van der Waals surface area contributed by atoms with E-state index in [0.717, 1.165) is 6.07 Å². The molecule has 1 fully saturated rings. The molecular formula is C12H12F3NO2. The Labute approximate surface area is 101 Å². The lowest BCUT2D eigenvalue weighted by atomic mass is 9.88. The van der Waals surface area contributed by atoms with Crippen molar-refractivity contribution in [2.75, 3.05) is 0 Å². The number of hydrogen-bond acceptors (Lipinski definition) is 2. The maximum Gasteiger partial charge on any atom is 0.341 e. The Balaban J connectivity index is 2.63. The minimum atomic E-state index is -1.83. The van der Waals surface area contributed by atoms with Gasteiger partial charge < -0.3 is 10.8 Å². The van der Waals surface area contributed by atoms with Gasteiger partial charge in [-0.3, -0.25) is 0 Å². The SMILES string of the molecule is CC(N)C1(c2cc(F)c(C(=O)O)c(F)c2F)CC1. The zero-order valence-corrected chi connectivity index (χ0v) is 9.64. The van der Waals surface area contributed by atoms with Crippen LogP contribution in [0.5, 0.6) is 0 Å². The van der Waals surface area contributed by atoms with Crippen molar-refractivity contribution >= 4 is 5.97 Å². The monoisotopic (exact) mass is 259 g/mol. The summed E-state index contributed by atoms with van der Waals surface area (Å²) in [5.41, 5.74) is 3.49. The van der Waals surface area contributed by atoms with Crippen LogP contribution >= 0.6 is 0 Å². The van der Waals surface area contributed by atoms with Gasteiger partial charge in [0.25, 0.3) is 0 Å². The van der Waals surface area contributed by atoms with Gasteiger partial charge in [-0.05, 0) is 25.8 Å². The van der Waals surface area contributed by atoms with Crippen LogP contribution in [0, 0.1) is 17.5 Å². The fraction of sp³-hybridized carbons (Fsp3) is 0.417. The largest absolute Gasteiger partial charge is 0.477 e. The van der Waals surface area contributed by atoms with Gasteiger partial charge in [0.05, 0.1) is 0 Å². The summed E-state index contributed by atoms with van der Waals surface area (Å²) in [5, 5.41) is 8.62. The van der Waals surface area contributed by atoms with Gasteiger partial charge >= 0.3 is 5.97 Å². The first-order chi connectivity index (χ1) is 8.31.